The number of hydrogen-bond donors (Lipinski definition) is 1. The second-order valence-corrected chi connectivity index (χ2v) is 5.77. The molecule has 5 heteroatoms. The van der Waals surface area contributed by atoms with Gasteiger partial charge in [0.15, 0.2) is 0 Å². The Labute approximate surface area is 101 Å². The summed E-state index contributed by atoms with van der Waals surface area (Å²) in [5.41, 5.74) is 5.31. The van der Waals surface area contributed by atoms with Crippen LogP contribution in [0.5, 0.6) is 0 Å². The van der Waals surface area contributed by atoms with E-state index >= 15 is 0 Å². The molecule has 92 valence electrons. The fourth-order valence-electron chi connectivity index (χ4n) is 2.31. The molecule has 0 atom stereocenters. The van der Waals surface area contributed by atoms with Gasteiger partial charge in [0.1, 0.15) is 5.60 Å². The van der Waals surface area contributed by atoms with Crippen molar-refractivity contribution < 1.29 is 9.53 Å². The number of thioether (sulfide) groups is 1. The van der Waals surface area contributed by atoms with Gasteiger partial charge in [0.2, 0.25) is 0 Å². The van der Waals surface area contributed by atoms with Crippen LogP contribution >= 0.6 is 11.8 Å². The molecule has 2 N–H and O–H groups in total. The highest BCUT2D eigenvalue weighted by atomic mass is 32.2. The van der Waals surface area contributed by atoms with Crippen molar-refractivity contribution in [1.29, 1.82) is 0 Å². The molecule has 2 aliphatic rings. The molecule has 4 nitrogen and oxygen atoms in total. The van der Waals surface area contributed by atoms with Gasteiger partial charge in [0, 0.05) is 19.5 Å². The van der Waals surface area contributed by atoms with Crippen molar-refractivity contribution in [3.63, 3.8) is 0 Å². The van der Waals surface area contributed by atoms with E-state index < -0.39 is 0 Å². The maximum Gasteiger partial charge on any atom is 0.410 e. The van der Waals surface area contributed by atoms with Crippen molar-refractivity contribution in [2.75, 3.05) is 31.1 Å². The zero-order valence-electron chi connectivity index (χ0n) is 9.61. The first kappa shape index (κ1) is 12.0. The molecule has 2 fully saturated rings. The van der Waals surface area contributed by atoms with Crippen LogP contribution in [0.25, 0.3) is 0 Å². The molecule has 0 aliphatic carbocycles. The van der Waals surface area contributed by atoms with E-state index in [1.54, 1.807) is 4.90 Å². The van der Waals surface area contributed by atoms with E-state index in [1.165, 1.54) is 0 Å². The van der Waals surface area contributed by atoms with Gasteiger partial charge in [-0.1, -0.05) is 0 Å². The number of carbonyl (C=O) groups excluding carboxylic acids is 1. The molecular weight excluding hydrogens is 224 g/mol. The largest absolute Gasteiger partial charge is 0.443 e. The molecule has 0 saturated carbocycles. The summed E-state index contributed by atoms with van der Waals surface area (Å²) in [6.07, 6.45) is 3.76. The monoisotopic (exact) mass is 244 g/mol. The number of rotatable bonds is 3. The number of nitrogens with two attached hydrogens (primary N) is 1. The smallest absolute Gasteiger partial charge is 0.410 e. The second-order valence-electron chi connectivity index (χ2n) is 4.54. The lowest BCUT2D eigenvalue weighted by molar-refractivity contribution is -0.0529. The maximum atomic E-state index is 11.8. The molecule has 2 heterocycles. The van der Waals surface area contributed by atoms with E-state index in [1.807, 2.05) is 11.8 Å². The molecule has 1 amide bonds. The van der Waals surface area contributed by atoms with Crippen LogP contribution in [0.2, 0.25) is 0 Å². The summed E-state index contributed by atoms with van der Waals surface area (Å²) in [6.45, 7) is 2.20. The fourth-order valence-corrected chi connectivity index (χ4v) is 3.55. The van der Waals surface area contributed by atoms with Crippen LogP contribution in [0.1, 0.15) is 25.7 Å². The Balaban J connectivity index is 1.88. The first-order valence-electron chi connectivity index (χ1n) is 6.01. The second kappa shape index (κ2) is 5.27. The summed E-state index contributed by atoms with van der Waals surface area (Å²) >= 11 is 1.96. The van der Waals surface area contributed by atoms with Crippen LogP contribution in [0, 0.1) is 0 Å². The van der Waals surface area contributed by atoms with E-state index in [-0.39, 0.29) is 11.7 Å². The first-order valence-corrected chi connectivity index (χ1v) is 7.17. The SMILES string of the molecule is NCCCN1CCC2(CCSCC2)OC1=O. The average Bonchev–Trinajstić information content (AvgIpc) is 2.29. The summed E-state index contributed by atoms with van der Waals surface area (Å²) < 4.78 is 5.66. The highest BCUT2D eigenvalue weighted by Crippen LogP contribution is 2.36. The lowest BCUT2D eigenvalue weighted by atomic mass is 9.91. The highest BCUT2D eigenvalue weighted by Gasteiger charge is 2.41. The van der Waals surface area contributed by atoms with Gasteiger partial charge < -0.3 is 15.4 Å². The fraction of sp³-hybridized carbons (Fsp3) is 0.909. The number of hydrogen-bond acceptors (Lipinski definition) is 4. The number of ether oxygens (including phenoxy) is 1. The Hall–Kier alpha value is -0.420. The number of carbonyl (C=O) groups is 1. The zero-order chi connectivity index (χ0) is 11.4. The van der Waals surface area contributed by atoms with Crippen LogP contribution in [-0.2, 0) is 4.74 Å². The number of nitrogens with zero attached hydrogens (tertiary/aromatic N) is 1. The Morgan fingerprint density at radius 2 is 2.12 bits per heavy atom. The molecular formula is C11H20N2O2S. The summed E-state index contributed by atoms with van der Waals surface area (Å²) in [5, 5.41) is 0. The van der Waals surface area contributed by atoms with Crippen LogP contribution < -0.4 is 5.73 Å². The highest BCUT2D eigenvalue weighted by molar-refractivity contribution is 7.99. The molecule has 0 aromatic heterocycles. The molecule has 0 bridgehead atoms. The predicted molar refractivity (Wildman–Crippen MR) is 65.6 cm³/mol. The summed E-state index contributed by atoms with van der Waals surface area (Å²) in [4.78, 5) is 13.6. The van der Waals surface area contributed by atoms with Gasteiger partial charge in [-0.15, -0.1) is 0 Å². The van der Waals surface area contributed by atoms with Gasteiger partial charge in [0.25, 0.3) is 0 Å². The molecule has 1 spiro atoms. The van der Waals surface area contributed by atoms with Crippen molar-refractivity contribution in [3.05, 3.63) is 0 Å². The maximum absolute atomic E-state index is 11.8. The van der Waals surface area contributed by atoms with Gasteiger partial charge in [-0.3, -0.25) is 0 Å². The Bertz CT molecular complexity index is 254. The van der Waals surface area contributed by atoms with E-state index in [0.29, 0.717) is 6.54 Å². The van der Waals surface area contributed by atoms with E-state index in [0.717, 1.165) is 50.3 Å². The normalized spacial score (nSPS) is 24.6. The van der Waals surface area contributed by atoms with Crippen LogP contribution in [-0.4, -0.2) is 47.7 Å². The summed E-state index contributed by atoms with van der Waals surface area (Å²) in [7, 11) is 0. The summed E-state index contributed by atoms with van der Waals surface area (Å²) in [6, 6.07) is 0. The Morgan fingerprint density at radius 1 is 1.38 bits per heavy atom. The van der Waals surface area contributed by atoms with Crippen molar-refractivity contribution in [2.45, 2.75) is 31.3 Å². The van der Waals surface area contributed by atoms with Crippen molar-refractivity contribution in [1.82, 2.24) is 4.90 Å². The van der Waals surface area contributed by atoms with Gasteiger partial charge in [0.05, 0.1) is 0 Å². The van der Waals surface area contributed by atoms with E-state index in [2.05, 4.69) is 0 Å². The predicted octanol–water partition coefficient (Wildman–Crippen LogP) is 1.44. The molecule has 0 radical (unpaired) electrons. The lowest BCUT2D eigenvalue weighted by Gasteiger charge is -2.43. The van der Waals surface area contributed by atoms with Crippen LogP contribution in [0.3, 0.4) is 0 Å². The van der Waals surface area contributed by atoms with Gasteiger partial charge >= 0.3 is 6.09 Å². The quantitative estimate of drug-likeness (QED) is 0.816. The molecule has 16 heavy (non-hydrogen) atoms. The molecule has 0 unspecified atom stereocenters. The van der Waals surface area contributed by atoms with Gasteiger partial charge in [-0.05, 0) is 37.3 Å². The minimum Gasteiger partial charge on any atom is -0.443 e. The summed E-state index contributed by atoms with van der Waals surface area (Å²) in [5.74, 6) is 2.24. The standard InChI is InChI=1S/C11H20N2O2S/c12-5-1-6-13-7-2-11(15-10(13)14)3-8-16-9-4-11/h1-9,12H2. The van der Waals surface area contributed by atoms with E-state index in [9.17, 15) is 4.79 Å². The van der Waals surface area contributed by atoms with Gasteiger partial charge in [-0.2, -0.15) is 11.8 Å². The minimum atomic E-state index is -0.137. The third-order valence-corrected chi connectivity index (χ3v) is 4.42. The number of amides is 1. The Morgan fingerprint density at radius 3 is 2.75 bits per heavy atom. The van der Waals surface area contributed by atoms with Crippen molar-refractivity contribution >= 4 is 17.9 Å². The topological polar surface area (TPSA) is 55.6 Å². The lowest BCUT2D eigenvalue weighted by Crippen LogP contribution is -2.51. The molecule has 2 rings (SSSR count). The third kappa shape index (κ3) is 2.63. The molecule has 0 aromatic carbocycles. The van der Waals surface area contributed by atoms with E-state index in [4.69, 9.17) is 10.5 Å². The van der Waals surface area contributed by atoms with Crippen molar-refractivity contribution in [3.8, 4) is 0 Å². The third-order valence-electron chi connectivity index (χ3n) is 3.44. The van der Waals surface area contributed by atoms with Crippen LogP contribution in [0.15, 0.2) is 0 Å². The molecule has 0 aromatic rings. The average molecular weight is 244 g/mol. The first-order chi connectivity index (χ1) is 7.76. The Kier molecular flexibility index (Phi) is 3.97. The molecule has 2 aliphatic heterocycles. The van der Waals surface area contributed by atoms with Crippen molar-refractivity contribution in [2.24, 2.45) is 5.73 Å². The van der Waals surface area contributed by atoms with Gasteiger partial charge in [-0.25, -0.2) is 4.79 Å². The zero-order valence-corrected chi connectivity index (χ0v) is 10.4. The minimum absolute atomic E-state index is 0.133. The molecule has 2 saturated heterocycles. The van der Waals surface area contributed by atoms with Crippen LogP contribution in [0.4, 0.5) is 4.79 Å².